The molecule has 0 aromatic heterocycles. The highest BCUT2D eigenvalue weighted by Gasteiger charge is 2.26. The van der Waals surface area contributed by atoms with Gasteiger partial charge in [-0.3, -0.25) is 20.4 Å². The predicted molar refractivity (Wildman–Crippen MR) is 118 cm³/mol. The first-order valence-corrected chi connectivity index (χ1v) is 11.8. The van der Waals surface area contributed by atoms with Gasteiger partial charge in [-0.05, 0) is 49.2 Å². The van der Waals surface area contributed by atoms with Gasteiger partial charge in [-0.15, -0.1) is 0 Å². The maximum Gasteiger partial charge on any atom is 0.269 e. The highest BCUT2D eigenvalue weighted by atomic mass is 32.2. The van der Waals surface area contributed by atoms with Gasteiger partial charge in [0.05, 0.1) is 24.7 Å². The third-order valence-electron chi connectivity index (χ3n) is 4.83. The number of rotatable bonds is 8. The normalized spacial score (nSPS) is 14.5. The van der Waals surface area contributed by atoms with Crippen LogP contribution in [0, 0.1) is 6.92 Å². The van der Waals surface area contributed by atoms with E-state index in [-0.39, 0.29) is 35.9 Å². The van der Waals surface area contributed by atoms with Gasteiger partial charge in [-0.1, -0.05) is 18.2 Å². The first-order chi connectivity index (χ1) is 15.4. The summed E-state index contributed by atoms with van der Waals surface area (Å²) in [4.78, 5) is 24.4. The van der Waals surface area contributed by atoms with Crippen LogP contribution < -0.4 is 15.6 Å². The molecule has 1 aliphatic rings. The number of carbonyl (C=O) groups excluding carboxylic acids is 2. The Kier molecular flexibility index (Phi) is 8.20. The lowest BCUT2D eigenvalue weighted by Gasteiger charge is -2.26. The fraction of sp³-hybridized carbons (Fsp3) is 0.364. The van der Waals surface area contributed by atoms with Gasteiger partial charge < -0.3 is 9.47 Å². The molecule has 3 rings (SSSR count). The van der Waals surface area contributed by atoms with Crippen molar-refractivity contribution in [1.29, 1.82) is 0 Å². The van der Waals surface area contributed by atoms with Gasteiger partial charge in [0.25, 0.3) is 5.91 Å². The number of morpholine rings is 1. The number of hydrogen-bond donors (Lipinski definition) is 2. The van der Waals surface area contributed by atoms with E-state index >= 15 is 0 Å². The predicted octanol–water partition coefficient (Wildman–Crippen LogP) is 1.64. The molecule has 0 aliphatic carbocycles. The molecule has 172 valence electrons. The van der Waals surface area contributed by atoms with Crippen LogP contribution in [0.25, 0.3) is 0 Å². The van der Waals surface area contributed by atoms with Gasteiger partial charge >= 0.3 is 0 Å². The maximum absolute atomic E-state index is 12.8. The number of aryl methyl sites for hydroxylation is 1. The molecule has 9 nitrogen and oxygen atoms in total. The quantitative estimate of drug-likeness (QED) is 0.456. The van der Waals surface area contributed by atoms with Gasteiger partial charge in [0.1, 0.15) is 5.75 Å². The number of carbonyl (C=O) groups is 2. The van der Waals surface area contributed by atoms with Crippen LogP contribution >= 0.6 is 0 Å². The molecule has 0 bridgehead atoms. The minimum absolute atomic E-state index is 0.0201. The van der Waals surface area contributed by atoms with Crippen molar-refractivity contribution in [2.75, 3.05) is 32.9 Å². The Morgan fingerprint density at radius 3 is 2.56 bits per heavy atom. The fourth-order valence-corrected chi connectivity index (χ4v) is 4.58. The highest BCUT2D eigenvalue weighted by molar-refractivity contribution is 7.89. The topological polar surface area (TPSA) is 114 Å². The zero-order chi connectivity index (χ0) is 23.0. The lowest BCUT2D eigenvalue weighted by molar-refractivity contribution is -0.122. The molecular weight excluding hydrogens is 434 g/mol. The summed E-state index contributed by atoms with van der Waals surface area (Å²) in [5.41, 5.74) is 5.87. The molecule has 0 saturated carbocycles. The molecule has 32 heavy (non-hydrogen) atoms. The van der Waals surface area contributed by atoms with Crippen molar-refractivity contribution in [1.82, 2.24) is 15.2 Å². The van der Waals surface area contributed by atoms with Gasteiger partial charge in [0.2, 0.25) is 15.9 Å². The molecule has 0 atom stereocenters. The van der Waals surface area contributed by atoms with Crippen molar-refractivity contribution in [3.63, 3.8) is 0 Å². The lowest BCUT2D eigenvalue weighted by atomic mass is 10.2. The van der Waals surface area contributed by atoms with Crippen molar-refractivity contribution in [3.8, 4) is 5.75 Å². The number of nitrogens with one attached hydrogen (secondary N) is 2. The summed E-state index contributed by atoms with van der Waals surface area (Å²) < 4.78 is 37.6. The van der Waals surface area contributed by atoms with Crippen molar-refractivity contribution >= 4 is 21.8 Å². The average Bonchev–Trinajstić information content (AvgIpc) is 2.81. The van der Waals surface area contributed by atoms with Gasteiger partial charge in [-0.2, -0.15) is 4.31 Å². The Hall–Kier alpha value is -2.95. The number of hydrogen-bond acceptors (Lipinski definition) is 6. The Labute approximate surface area is 187 Å². The van der Waals surface area contributed by atoms with Gasteiger partial charge in [0.15, 0.2) is 0 Å². The molecule has 2 N–H and O–H groups in total. The van der Waals surface area contributed by atoms with Crippen LogP contribution in [0.2, 0.25) is 0 Å². The van der Waals surface area contributed by atoms with E-state index in [4.69, 9.17) is 9.47 Å². The number of hydrazine groups is 1. The molecule has 0 radical (unpaired) electrons. The van der Waals surface area contributed by atoms with Crippen LogP contribution in [-0.4, -0.2) is 57.4 Å². The first-order valence-electron chi connectivity index (χ1n) is 10.3. The standard InChI is InChI=1S/C22H27N3O6S/c1-17-5-2-7-19(15-17)31-12-4-9-21(26)23-24-22(27)18-6-3-8-20(16-18)32(28,29)25-10-13-30-14-11-25/h2-3,5-8,15-16H,4,9-14H2,1H3,(H,23,26)(H,24,27). The van der Waals surface area contributed by atoms with Crippen LogP contribution in [-0.2, 0) is 19.6 Å². The minimum Gasteiger partial charge on any atom is -0.494 e. The van der Waals surface area contributed by atoms with Crippen LogP contribution in [0.15, 0.2) is 53.4 Å². The molecule has 2 aromatic carbocycles. The van der Waals surface area contributed by atoms with Crippen LogP contribution in [0.3, 0.4) is 0 Å². The smallest absolute Gasteiger partial charge is 0.269 e. The summed E-state index contributed by atoms with van der Waals surface area (Å²) in [5, 5.41) is 0. The first kappa shape index (κ1) is 23.7. The van der Waals surface area contributed by atoms with E-state index in [1.54, 1.807) is 0 Å². The molecular formula is C22H27N3O6S. The number of sulfonamides is 1. The molecule has 1 fully saturated rings. The number of benzene rings is 2. The second kappa shape index (κ2) is 11.1. The Morgan fingerprint density at radius 2 is 1.81 bits per heavy atom. The lowest BCUT2D eigenvalue weighted by Crippen LogP contribution is -2.42. The monoisotopic (exact) mass is 461 g/mol. The van der Waals surface area contributed by atoms with Gasteiger partial charge in [-0.25, -0.2) is 8.42 Å². The summed E-state index contributed by atoms with van der Waals surface area (Å²) in [7, 11) is -3.72. The maximum atomic E-state index is 12.8. The van der Waals surface area contributed by atoms with E-state index in [1.807, 2.05) is 31.2 Å². The van der Waals surface area contributed by atoms with Crippen LogP contribution in [0.1, 0.15) is 28.8 Å². The number of nitrogens with zero attached hydrogens (tertiary/aromatic N) is 1. The van der Waals surface area contributed by atoms with Crippen LogP contribution in [0.4, 0.5) is 0 Å². The van der Waals surface area contributed by atoms with E-state index < -0.39 is 15.9 Å². The molecule has 2 aromatic rings. The highest BCUT2D eigenvalue weighted by Crippen LogP contribution is 2.18. The van der Waals surface area contributed by atoms with Crippen LogP contribution in [0.5, 0.6) is 5.75 Å². The summed E-state index contributed by atoms with van der Waals surface area (Å²) >= 11 is 0. The largest absolute Gasteiger partial charge is 0.494 e. The molecule has 0 unspecified atom stereocenters. The second-order valence-electron chi connectivity index (χ2n) is 7.32. The van der Waals surface area contributed by atoms with Crippen molar-refractivity contribution in [3.05, 3.63) is 59.7 Å². The van der Waals surface area contributed by atoms with Crippen molar-refractivity contribution in [2.24, 2.45) is 0 Å². The Morgan fingerprint density at radius 1 is 1.06 bits per heavy atom. The zero-order valence-corrected chi connectivity index (χ0v) is 18.7. The Bertz CT molecular complexity index is 1050. The van der Waals surface area contributed by atoms with E-state index in [1.165, 1.54) is 28.6 Å². The minimum atomic E-state index is -3.72. The van der Waals surface area contributed by atoms with E-state index in [0.29, 0.717) is 26.2 Å². The summed E-state index contributed by atoms with van der Waals surface area (Å²) in [6, 6.07) is 13.3. The summed E-state index contributed by atoms with van der Waals surface area (Å²) in [6.07, 6.45) is 0.639. The summed E-state index contributed by atoms with van der Waals surface area (Å²) in [5.74, 6) is -0.234. The molecule has 0 spiro atoms. The van der Waals surface area contributed by atoms with Crippen molar-refractivity contribution < 1.29 is 27.5 Å². The fourth-order valence-electron chi connectivity index (χ4n) is 3.12. The second-order valence-corrected chi connectivity index (χ2v) is 9.25. The molecule has 1 saturated heterocycles. The molecule has 2 amide bonds. The third-order valence-corrected chi connectivity index (χ3v) is 6.72. The van der Waals surface area contributed by atoms with E-state index in [2.05, 4.69) is 10.9 Å². The summed E-state index contributed by atoms with van der Waals surface area (Å²) in [6.45, 7) is 3.54. The third kappa shape index (κ3) is 6.52. The molecule has 1 heterocycles. The van der Waals surface area contributed by atoms with Gasteiger partial charge in [0, 0.05) is 25.1 Å². The zero-order valence-electron chi connectivity index (χ0n) is 17.9. The number of amides is 2. The SMILES string of the molecule is Cc1cccc(OCCCC(=O)NNC(=O)c2cccc(S(=O)(=O)N3CCOCC3)c2)c1. The number of ether oxygens (including phenoxy) is 2. The van der Waals surface area contributed by atoms with Crippen molar-refractivity contribution in [2.45, 2.75) is 24.7 Å². The molecule has 10 heteroatoms. The van der Waals surface area contributed by atoms with E-state index in [9.17, 15) is 18.0 Å². The van der Waals surface area contributed by atoms with E-state index in [0.717, 1.165) is 11.3 Å². The molecule has 1 aliphatic heterocycles. The Balaban J connectivity index is 1.46. The average molecular weight is 462 g/mol.